The van der Waals surface area contributed by atoms with Crippen molar-refractivity contribution in [1.82, 2.24) is 19.6 Å². The van der Waals surface area contributed by atoms with Crippen molar-refractivity contribution in [1.29, 1.82) is 0 Å². The maximum absolute atomic E-state index is 12.8. The SMILES string of the molecule is COc1ccc(CN2CC(=O)N(Cc3cnn(C)c3C)[C@@H](C)C2=O)cc1. The lowest BCUT2D eigenvalue weighted by molar-refractivity contribution is -0.156. The van der Waals surface area contributed by atoms with Gasteiger partial charge in [0.25, 0.3) is 0 Å². The Morgan fingerprint density at radius 2 is 1.88 bits per heavy atom. The van der Waals surface area contributed by atoms with E-state index in [1.807, 2.05) is 38.2 Å². The lowest BCUT2D eigenvalue weighted by atomic mass is 10.1. The van der Waals surface area contributed by atoms with Crippen molar-refractivity contribution in [3.63, 3.8) is 0 Å². The number of aryl methyl sites for hydroxylation is 1. The second-order valence-electron chi connectivity index (χ2n) is 6.62. The van der Waals surface area contributed by atoms with Gasteiger partial charge >= 0.3 is 0 Å². The lowest BCUT2D eigenvalue weighted by Crippen LogP contribution is -2.58. The van der Waals surface area contributed by atoms with E-state index in [9.17, 15) is 9.59 Å². The number of methoxy groups -OCH3 is 1. The molecule has 1 aliphatic heterocycles. The van der Waals surface area contributed by atoms with Gasteiger partial charge in [0.1, 0.15) is 18.3 Å². The molecular formula is C19H24N4O3. The van der Waals surface area contributed by atoms with E-state index >= 15 is 0 Å². The van der Waals surface area contributed by atoms with Crippen LogP contribution in [0.5, 0.6) is 5.75 Å². The number of hydrogen-bond donors (Lipinski definition) is 0. The van der Waals surface area contributed by atoms with Gasteiger partial charge < -0.3 is 14.5 Å². The molecular weight excluding hydrogens is 332 g/mol. The Kier molecular flexibility index (Phi) is 4.97. The van der Waals surface area contributed by atoms with E-state index in [0.717, 1.165) is 22.6 Å². The zero-order valence-corrected chi connectivity index (χ0v) is 15.6. The Morgan fingerprint density at radius 3 is 2.46 bits per heavy atom. The number of piperazine rings is 1. The van der Waals surface area contributed by atoms with E-state index in [1.54, 1.807) is 34.7 Å². The monoisotopic (exact) mass is 356 g/mol. The zero-order valence-electron chi connectivity index (χ0n) is 15.6. The molecule has 2 heterocycles. The Balaban J connectivity index is 1.71. The molecule has 1 fully saturated rings. The standard InChI is InChI=1S/C19H24N4O3/c1-13-16(9-20-21(13)3)11-23-14(2)19(25)22(12-18(23)24)10-15-5-7-17(26-4)8-6-15/h5-9,14H,10-12H2,1-4H3/t14-/m0/s1. The van der Waals surface area contributed by atoms with Gasteiger partial charge in [0.05, 0.1) is 13.3 Å². The first-order chi connectivity index (χ1) is 12.4. The molecule has 7 nitrogen and oxygen atoms in total. The number of benzene rings is 1. The quantitative estimate of drug-likeness (QED) is 0.814. The van der Waals surface area contributed by atoms with E-state index in [1.165, 1.54) is 0 Å². The molecule has 0 N–H and O–H groups in total. The van der Waals surface area contributed by atoms with Crippen molar-refractivity contribution in [2.45, 2.75) is 33.0 Å². The van der Waals surface area contributed by atoms with Crippen molar-refractivity contribution in [3.8, 4) is 5.75 Å². The van der Waals surface area contributed by atoms with Crippen molar-refractivity contribution < 1.29 is 14.3 Å². The average molecular weight is 356 g/mol. The van der Waals surface area contributed by atoms with Crippen LogP contribution in [-0.4, -0.2) is 51.1 Å². The maximum atomic E-state index is 12.8. The summed E-state index contributed by atoms with van der Waals surface area (Å²) in [5.41, 5.74) is 2.93. The smallest absolute Gasteiger partial charge is 0.245 e. The fourth-order valence-electron chi connectivity index (χ4n) is 3.14. The highest BCUT2D eigenvalue weighted by molar-refractivity contribution is 5.94. The van der Waals surface area contributed by atoms with E-state index in [0.29, 0.717) is 13.1 Å². The van der Waals surface area contributed by atoms with E-state index < -0.39 is 6.04 Å². The van der Waals surface area contributed by atoms with Gasteiger partial charge in [-0.1, -0.05) is 12.1 Å². The Hall–Kier alpha value is -2.83. The largest absolute Gasteiger partial charge is 0.497 e. The Labute approximate surface area is 153 Å². The summed E-state index contributed by atoms with van der Waals surface area (Å²) < 4.78 is 6.92. The van der Waals surface area contributed by atoms with Gasteiger partial charge in [0.15, 0.2) is 0 Å². The summed E-state index contributed by atoms with van der Waals surface area (Å²) >= 11 is 0. The van der Waals surface area contributed by atoms with E-state index in [-0.39, 0.29) is 18.4 Å². The highest BCUT2D eigenvalue weighted by atomic mass is 16.5. The molecule has 1 aromatic carbocycles. The molecule has 0 saturated carbocycles. The molecule has 1 atom stereocenters. The summed E-state index contributed by atoms with van der Waals surface area (Å²) in [6, 6.07) is 7.03. The minimum absolute atomic E-state index is 0.0399. The molecule has 0 radical (unpaired) electrons. The van der Waals surface area contributed by atoms with Crippen LogP contribution in [0.1, 0.15) is 23.7 Å². The van der Waals surface area contributed by atoms with Crippen LogP contribution in [-0.2, 0) is 29.7 Å². The zero-order chi connectivity index (χ0) is 18.8. The van der Waals surface area contributed by atoms with Gasteiger partial charge in [-0.2, -0.15) is 5.10 Å². The van der Waals surface area contributed by atoms with Crippen molar-refractivity contribution in [2.24, 2.45) is 7.05 Å². The van der Waals surface area contributed by atoms with Crippen LogP contribution in [0.3, 0.4) is 0 Å². The van der Waals surface area contributed by atoms with Crippen LogP contribution in [0.4, 0.5) is 0 Å². The number of amides is 2. The molecule has 0 aliphatic carbocycles. The van der Waals surface area contributed by atoms with Gasteiger partial charge in [-0.3, -0.25) is 14.3 Å². The first-order valence-corrected chi connectivity index (χ1v) is 8.59. The fraction of sp³-hybridized carbons (Fsp3) is 0.421. The molecule has 2 amide bonds. The van der Waals surface area contributed by atoms with Crippen LogP contribution in [0.25, 0.3) is 0 Å². The van der Waals surface area contributed by atoms with Gasteiger partial charge in [-0.15, -0.1) is 0 Å². The predicted octanol–water partition coefficient (Wildman–Crippen LogP) is 1.50. The van der Waals surface area contributed by atoms with Crippen LogP contribution < -0.4 is 4.74 Å². The highest BCUT2D eigenvalue weighted by Crippen LogP contribution is 2.20. The maximum Gasteiger partial charge on any atom is 0.245 e. The van der Waals surface area contributed by atoms with Crippen LogP contribution in [0, 0.1) is 6.92 Å². The third-order valence-electron chi connectivity index (χ3n) is 4.99. The topological polar surface area (TPSA) is 67.7 Å². The van der Waals surface area contributed by atoms with Gasteiger partial charge in [0, 0.05) is 31.4 Å². The molecule has 3 rings (SSSR count). The summed E-state index contributed by atoms with van der Waals surface area (Å²) in [6.07, 6.45) is 1.75. The summed E-state index contributed by atoms with van der Waals surface area (Å²) in [4.78, 5) is 28.7. The number of carbonyl (C=O) groups is 2. The minimum Gasteiger partial charge on any atom is -0.497 e. The Morgan fingerprint density at radius 1 is 1.19 bits per heavy atom. The van der Waals surface area contributed by atoms with Crippen LogP contribution in [0.2, 0.25) is 0 Å². The number of rotatable bonds is 5. The molecule has 0 unspecified atom stereocenters. The number of hydrogen-bond acceptors (Lipinski definition) is 4. The van der Waals surface area contributed by atoms with Crippen molar-refractivity contribution in [2.75, 3.05) is 13.7 Å². The van der Waals surface area contributed by atoms with Gasteiger partial charge in [-0.05, 0) is 31.5 Å². The Bertz CT molecular complexity index is 813. The molecule has 0 spiro atoms. The summed E-state index contributed by atoms with van der Waals surface area (Å²) in [5, 5.41) is 4.21. The molecule has 0 bridgehead atoms. The number of carbonyl (C=O) groups excluding carboxylic acids is 2. The lowest BCUT2D eigenvalue weighted by Gasteiger charge is -2.38. The number of aromatic nitrogens is 2. The number of nitrogens with zero attached hydrogens (tertiary/aromatic N) is 4. The van der Waals surface area contributed by atoms with Gasteiger partial charge in [-0.25, -0.2) is 0 Å². The molecule has 2 aromatic rings. The molecule has 26 heavy (non-hydrogen) atoms. The van der Waals surface area contributed by atoms with Crippen molar-refractivity contribution >= 4 is 11.8 Å². The fourth-order valence-corrected chi connectivity index (χ4v) is 3.14. The first-order valence-electron chi connectivity index (χ1n) is 8.59. The highest BCUT2D eigenvalue weighted by Gasteiger charge is 2.36. The van der Waals surface area contributed by atoms with Crippen molar-refractivity contribution in [3.05, 3.63) is 47.3 Å². The second kappa shape index (κ2) is 7.19. The van der Waals surface area contributed by atoms with Crippen LogP contribution >= 0.6 is 0 Å². The summed E-state index contributed by atoms with van der Waals surface area (Å²) in [7, 11) is 3.48. The first kappa shape index (κ1) is 18.0. The van der Waals surface area contributed by atoms with E-state index in [2.05, 4.69) is 5.10 Å². The van der Waals surface area contributed by atoms with E-state index in [4.69, 9.17) is 4.74 Å². The molecule has 1 aromatic heterocycles. The number of ether oxygens (including phenoxy) is 1. The normalized spacial score (nSPS) is 17.8. The van der Waals surface area contributed by atoms with Crippen LogP contribution in [0.15, 0.2) is 30.5 Å². The molecule has 7 heteroatoms. The third kappa shape index (κ3) is 3.42. The molecule has 138 valence electrons. The minimum atomic E-state index is -0.492. The third-order valence-corrected chi connectivity index (χ3v) is 4.99. The summed E-state index contributed by atoms with van der Waals surface area (Å²) in [5.74, 6) is 0.678. The van der Waals surface area contributed by atoms with Gasteiger partial charge in [0.2, 0.25) is 11.8 Å². The second-order valence-corrected chi connectivity index (χ2v) is 6.62. The molecule has 1 saturated heterocycles. The predicted molar refractivity (Wildman–Crippen MR) is 96.4 cm³/mol. The average Bonchev–Trinajstić information content (AvgIpc) is 2.95. The molecule has 1 aliphatic rings. The summed E-state index contributed by atoms with van der Waals surface area (Å²) in [6.45, 7) is 4.65.